The van der Waals surface area contributed by atoms with Crippen LogP contribution >= 0.6 is 0 Å². The molecule has 16 heavy (non-hydrogen) atoms. The lowest BCUT2D eigenvalue weighted by molar-refractivity contribution is 0.265. The second-order valence-corrected chi connectivity index (χ2v) is 4.98. The summed E-state index contributed by atoms with van der Waals surface area (Å²) >= 11 is 0. The van der Waals surface area contributed by atoms with Gasteiger partial charge in [-0.2, -0.15) is 0 Å². The molecular formula is C14H21NO. The largest absolute Gasteiger partial charge is 0.508 e. The summed E-state index contributed by atoms with van der Waals surface area (Å²) in [5.41, 5.74) is 1.23. The second-order valence-electron chi connectivity index (χ2n) is 4.98. The van der Waals surface area contributed by atoms with Gasteiger partial charge in [0.1, 0.15) is 5.75 Å². The van der Waals surface area contributed by atoms with Gasteiger partial charge in [-0.3, -0.25) is 0 Å². The van der Waals surface area contributed by atoms with Crippen LogP contribution in [0, 0.1) is 5.92 Å². The number of hydrogen-bond donors (Lipinski definition) is 2. The molecule has 2 N–H and O–H groups in total. The molecule has 88 valence electrons. The molecule has 1 unspecified atom stereocenters. The lowest BCUT2D eigenvalue weighted by Gasteiger charge is -2.28. The zero-order chi connectivity index (χ0) is 11.4. The second kappa shape index (κ2) is 5.35. The summed E-state index contributed by atoms with van der Waals surface area (Å²) < 4.78 is 0. The summed E-state index contributed by atoms with van der Waals surface area (Å²) in [6.45, 7) is 3.16. The molecule has 2 nitrogen and oxygen atoms in total. The Morgan fingerprint density at radius 2 is 2.00 bits per heavy atom. The van der Waals surface area contributed by atoms with Crippen molar-refractivity contribution >= 4 is 0 Å². The summed E-state index contributed by atoms with van der Waals surface area (Å²) in [6.07, 6.45) is 5.57. The molecule has 1 aliphatic carbocycles. The first kappa shape index (κ1) is 11.5. The van der Waals surface area contributed by atoms with E-state index in [1.54, 1.807) is 12.1 Å². The molecule has 2 rings (SSSR count). The molecule has 1 aliphatic rings. The molecule has 0 heterocycles. The van der Waals surface area contributed by atoms with E-state index in [9.17, 15) is 5.11 Å². The molecule has 0 aliphatic heterocycles. The highest BCUT2D eigenvalue weighted by Crippen LogP contribution is 2.30. The first-order chi connectivity index (χ1) is 7.74. The molecule has 1 fully saturated rings. The topological polar surface area (TPSA) is 32.3 Å². The maximum absolute atomic E-state index is 9.17. The van der Waals surface area contributed by atoms with Crippen LogP contribution < -0.4 is 5.32 Å². The molecule has 1 aromatic rings. The highest BCUT2D eigenvalue weighted by atomic mass is 16.3. The zero-order valence-corrected chi connectivity index (χ0v) is 9.95. The summed E-state index contributed by atoms with van der Waals surface area (Å²) in [5.74, 6) is 1.30. The SMILES string of the molecule is CC(CC1CCC1)NCc1ccc(O)cc1. The highest BCUT2D eigenvalue weighted by molar-refractivity contribution is 5.25. The summed E-state index contributed by atoms with van der Waals surface area (Å²) in [5, 5.41) is 12.7. The molecule has 2 heteroatoms. The Hall–Kier alpha value is -1.02. The number of aromatic hydroxyl groups is 1. The minimum absolute atomic E-state index is 0.339. The molecule has 0 radical (unpaired) electrons. The Labute approximate surface area is 97.7 Å². The van der Waals surface area contributed by atoms with Gasteiger partial charge in [-0.25, -0.2) is 0 Å². The van der Waals surface area contributed by atoms with Gasteiger partial charge >= 0.3 is 0 Å². The molecule has 1 aromatic carbocycles. The Morgan fingerprint density at radius 3 is 2.56 bits per heavy atom. The minimum Gasteiger partial charge on any atom is -0.508 e. The van der Waals surface area contributed by atoms with E-state index >= 15 is 0 Å². The van der Waals surface area contributed by atoms with Crippen molar-refractivity contribution < 1.29 is 5.11 Å². The third-order valence-electron chi connectivity index (χ3n) is 3.50. The van der Waals surface area contributed by atoms with Crippen LogP contribution in [0.5, 0.6) is 5.75 Å². The average Bonchev–Trinajstić information content (AvgIpc) is 2.23. The maximum atomic E-state index is 9.17. The maximum Gasteiger partial charge on any atom is 0.115 e. The van der Waals surface area contributed by atoms with Crippen LogP contribution in [0.15, 0.2) is 24.3 Å². The van der Waals surface area contributed by atoms with E-state index in [4.69, 9.17) is 0 Å². The van der Waals surface area contributed by atoms with Crippen LogP contribution in [0.3, 0.4) is 0 Å². The monoisotopic (exact) mass is 219 g/mol. The van der Waals surface area contributed by atoms with E-state index in [0.717, 1.165) is 12.5 Å². The van der Waals surface area contributed by atoms with Crippen LogP contribution in [0.1, 0.15) is 38.2 Å². The number of nitrogens with one attached hydrogen (secondary N) is 1. The Morgan fingerprint density at radius 1 is 1.31 bits per heavy atom. The van der Waals surface area contributed by atoms with Gasteiger partial charge < -0.3 is 10.4 Å². The molecule has 0 amide bonds. The van der Waals surface area contributed by atoms with Crippen LogP contribution in [0.2, 0.25) is 0 Å². The van der Waals surface area contributed by atoms with Crippen LogP contribution in [-0.2, 0) is 6.54 Å². The normalized spacial score (nSPS) is 18.1. The highest BCUT2D eigenvalue weighted by Gasteiger charge is 2.19. The fraction of sp³-hybridized carbons (Fsp3) is 0.571. The van der Waals surface area contributed by atoms with Crippen molar-refractivity contribution in [2.24, 2.45) is 5.92 Å². The molecule has 1 saturated carbocycles. The summed E-state index contributed by atoms with van der Waals surface area (Å²) in [4.78, 5) is 0. The van der Waals surface area contributed by atoms with E-state index in [1.807, 2.05) is 12.1 Å². The Bertz CT molecular complexity index is 316. The van der Waals surface area contributed by atoms with Gasteiger partial charge in [-0.15, -0.1) is 0 Å². The van der Waals surface area contributed by atoms with Gasteiger partial charge in [0.05, 0.1) is 0 Å². The number of benzene rings is 1. The lowest BCUT2D eigenvalue weighted by atomic mass is 9.81. The van der Waals surface area contributed by atoms with E-state index in [2.05, 4.69) is 12.2 Å². The van der Waals surface area contributed by atoms with Crippen molar-refractivity contribution in [3.05, 3.63) is 29.8 Å². The van der Waals surface area contributed by atoms with Gasteiger partial charge in [-0.1, -0.05) is 31.4 Å². The first-order valence-electron chi connectivity index (χ1n) is 6.25. The molecule has 0 saturated heterocycles. The summed E-state index contributed by atoms with van der Waals surface area (Å²) in [6, 6.07) is 8.02. The third-order valence-corrected chi connectivity index (χ3v) is 3.50. The fourth-order valence-corrected chi connectivity index (χ4v) is 2.22. The molecular weight excluding hydrogens is 198 g/mol. The number of phenols is 1. The molecule has 0 spiro atoms. The van der Waals surface area contributed by atoms with Gasteiger partial charge in [0.25, 0.3) is 0 Å². The number of hydrogen-bond acceptors (Lipinski definition) is 2. The van der Waals surface area contributed by atoms with Crippen LogP contribution in [0.25, 0.3) is 0 Å². The molecule has 0 bridgehead atoms. The van der Waals surface area contributed by atoms with Crippen molar-refractivity contribution in [1.82, 2.24) is 5.32 Å². The molecule has 0 aromatic heterocycles. The van der Waals surface area contributed by atoms with E-state index < -0.39 is 0 Å². The van der Waals surface area contributed by atoms with Crippen molar-refractivity contribution in [2.75, 3.05) is 0 Å². The van der Waals surface area contributed by atoms with Crippen molar-refractivity contribution in [2.45, 2.75) is 45.2 Å². The van der Waals surface area contributed by atoms with Gasteiger partial charge in [-0.05, 0) is 37.0 Å². The van der Waals surface area contributed by atoms with Crippen LogP contribution in [-0.4, -0.2) is 11.1 Å². The van der Waals surface area contributed by atoms with Crippen LogP contribution in [0.4, 0.5) is 0 Å². The number of phenolic OH excluding ortho intramolecular Hbond substituents is 1. The Balaban J connectivity index is 1.71. The zero-order valence-electron chi connectivity index (χ0n) is 9.95. The van der Waals surface area contributed by atoms with Crippen molar-refractivity contribution in [1.29, 1.82) is 0 Å². The predicted molar refractivity (Wildman–Crippen MR) is 66.4 cm³/mol. The number of rotatable bonds is 5. The van der Waals surface area contributed by atoms with E-state index in [0.29, 0.717) is 11.8 Å². The smallest absolute Gasteiger partial charge is 0.115 e. The van der Waals surface area contributed by atoms with E-state index in [-0.39, 0.29) is 0 Å². The predicted octanol–water partition coefficient (Wildman–Crippen LogP) is 3.06. The van der Waals surface area contributed by atoms with Crippen molar-refractivity contribution in [3.8, 4) is 5.75 Å². The first-order valence-corrected chi connectivity index (χ1v) is 6.25. The average molecular weight is 219 g/mol. The molecule has 1 atom stereocenters. The fourth-order valence-electron chi connectivity index (χ4n) is 2.22. The Kier molecular flexibility index (Phi) is 3.83. The minimum atomic E-state index is 0.339. The summed E-state index contributed by atoms with van der Waals surface area (Å²) in [7, 11) is 0. The lowest BCUT2D eigenvalue weighted by Crippen LogP contribution is -2.29. The quantitative estimate of drug-likeness (QED) is 0.797. The van der Waals surface area contributed by atoms with E-state index in [1.165, 1.54) is 31.2 Å². The van der Waals surface area contributed by atoms with Gasteiger partial charge in [0.15, 0.2) is 0 Å². The van der Waals surface area contributed by atoms with Gasteiger partial charge in [0.2, 0.25) is 0 Å². The third kappa shape index (κ3) is 3.24. The van der Waals surface area contributed by atoms with Crippen molar-refractivity contribution in [3.63, 3.8) is 0 Å². The standard InChI is InChI=1S/C14H21NO/c1-11(9-12-3-2-4-12)15-10-13-5-7-14(16)8-6-13/h5-8,11-12,15-16H,2-4,9-10H2,1H3. The van der Waals surface area contributed by atoms with Gasteiger partial charge in [0, 0.05) is 12.6 Å².